The third-order valence-electron chi connectivity index (χ3n) is 1.16. The van der Waals surface area contributed by atoms with Crippen LogP contribution in [0.1, 0.15) is 33.3 Å². The van der Waals surface area contributed by atoms with Crippen molar-refractivity contribution in [3.8, 4) is 5.75 Å². The Morgan fingerprint density at radius 3 is 1.85 bits per heavy atom. The molecule has 13 heavy (non-hydrogen) atoms. The highest BCUT2D eigenvalue weighted by Crippen LogP contribution is 2.19. The molecule has 0 radical (unpaired) electrons. The zero-order valence-electron chi connectivity index (χ0n) is 9.06. The number of rotatable bonds is 0. The van der Waals surface area contributed by atoms with E-state index in [9.17, 15) is 0 Å². The van der Waals surface area contributed by atoms with Gasteiger partial charge in [0, 0.05) is 5.02 Å². The van der Waals surface area contributed by atoms with Crippen molar-refractivity contribution in [3.63, 3.8) is 0 Å². The van der Waals surface area contributed by atoms with Crippen LogP contribution in [0.15, 0.2) is 18.2 Å². The molecular weight excluding hydrogens is 184 g/mol. The average molecular weight is 203 g/mol. The number of phenolic OH excluding ortho intramolecular Hbond substituents is 1. The van der Waals surface area contributed by atoms with E-state index in [-0.39, 0.29) is 0 Å². The summed E-state index contributed by atoms with van der Waals surface area (Å²) in [6, 6.07) is 4.96. The van der Waals surface area contributed by atoms with Gasteiger partial charge in [-0.3, -0.25) is 0 Å². The van der Waals surface area contributed by atoms with E-state index in [1.807, 2.05) is 27.7 Å². The van der Waals surface area contributed by atoms with Crippen molar-refractivity contribution in [1.29, 1.82) is 0 Å². The van der Waals surface area contributed by atoms with Crippen molar-refractivity contribution in [2.75, 3.05) is 0 Å². The molecule has 2 heteroatoms. The molecule has 76 valence electrons. The lowest BCUT2D eigenvalue weighted by molar-refractivity contribution is 0.471. The molecule has 1 aromatic carbocycles. The fourth-order valence-electron chi connectivity index (χ4n) is 0.619. The first-order chi connectivity index (χ1) is 6.20. The van der Waals surface area contributed by atoms with Crippen molar-refractivity contribution in [3.05, 3.63) is 28.8 Å². The minimum atomic E-state index is 0.291. The van der Waals surface area contributed by atoms with E-state index >= 15 is 0 Å². The summed E-state index contributed by atoms with van der Waals surface area (Å²) in [4.78, 5) is 0. The third kappa shape index (κ3) is 6.47. The highest BCUT2D eigenvalue weighted by Gasteiger charge is 1.93. The molecule has 1 N–H and O–H groups in total. The lowest BCUT2D eigenvalue weighted by Gasteiger charge is -1.95. The Hall–Kier alpha value is -0.690. The van der Waals surface area contributed by atoms with Gasteiger partial charge in [0.1, 0.15) is 5.75 Å². The molecule has 0 bridgehead atoms. The second-order valence-corrected chi connectivity index (χ2v) is 2.37. The maximum Gasteiger partial charge on any atom is 0.118 e. The van der Waals surface area contributed by atoms with Crippen molar-refractivity contribution in [2.45, 2.75) is 34.6 Å². The summed E-state index contributed by atoms with van der Waals surface area (Å²) in [5, 5.41) is 9.64. The summed E-state index contributed by atoms with van der Waals surface area (Å²) in [6.07, 6.45) is 0. The molecule has 0 fully saturated rings. The number of hydrogen-bond acceptors (Lipinski definition) is 1. The average Bonchev–Trinajstić information content (AvgIpc) is 2.18. The van der Waals surface area contributed by atoms with Gasteiger partial charge in [-0.15, -0.1) is 0 Å². The van der Waals surface area contributed by atoms with Gasteiger partial charge < -0.3 is 5.11 Å². The van der Waals surface area contributed by atoms with Gasteiger partial charge in [0.15, 0.2) is 0 Å². The third-order valence-corrected chi connectivity index (χ3v) is 1.39. The first-order valence-electron chi connectivity index (χ1n) is 4.65. The van der Waals surface area contributed by atoms with Crippen LogP contribution < -0.4 is 0 Å². The number of hydrogen-bond donors (Lipinski definition) is 1. The fourth-order valence-corrected chi connectivity index (χ4v) is 0.846. The molecule has 0 spiro atoms. The Morgan fingerprint density at radius 1 is 1.08 bits per heavy atom. The van der Waals surface area contributed by atoms with Gasteiger partial charge in [0.2, 0.25) is 0 Å². The number of benzene rings is 1. The Labute approximate surface area is 86.4 Å². The summed E-state index contributed by atoms with van der Waals surface area (Å²) >= 11 is 5.61. The molecular formula is C11H19ClO. The van der Waals surface area contributed by atoms with Gasteiger partial charge in [-0.1, -0.05) is 39.3 Å². The van der Waals surface area contributed by atoms with Crippen molar-refractivity contribution < 1.29 is 5.11 Å². The second kappa shape index (κ2) is 9.40. The van der Waals surface area contributed by atoms with E-state index in [0.29, 0.717) is 10.8 Å². The number of aryl methyl sites for hydroxylation is 1. The largest absolute Gasteiger partial charge is 0.508 e. The van der Waals surface area contributed by atoms with E-state index in [1.54, 1.807) is 25.1 Å². The zero-order chi connectivity index (χ0) is 10.9. The van der Waals surface area contributed by atoms with Crippen LogP contribution in [0.4, 0.5) is 0 Å². The Kier molecular flexibility index (Phi) is 10.7. The molecule has 0 amide bonds. The van der Waals surface area contributed by atoms with Crippen molar-refractivity contribution >= 4 is 11.6 Å². The van der Waals surface area contributed by atoms with Crippen LogP contribution in [0.25, 0.3) is 0 Å². The molecule has 0 aliphatic rings. The minimum Gasteiger partial charge on any atom is -0.508 e. The van der Waals surface area contributed by atoms with Gasteiger partial charge in [-0.2, -0.15) is 0 Å². The first kappa shape index (κ1) is 14.8. The monoisotopic (exact) mass is 202 g/mol. The Morgan fingerprint density at radius 2 is 1.54 bits per heavy atom. The molecule has 0 saturated carbocycles. The van der Waals surface area contributed by atoms with Crippen LogP contribution in [-0.4, -0.2) is 5.11 Å². The van der Waals surface area contributed by atoms with Crippen molar-refractivity contribution in [1.82, 2.24) is 0 Å². The topological polar surface area (TPSA) is 20.2 Å². The van der Waals surface area contributed by atoms with E-state index in [0.717, 1.165) is 5.56 Å². The first-order valence-corrected chi connectivity index (χ1v) is 5.03. The second-order valence-electron chi connectivity index (χ2n) is 1.93. The van der Waals surface area contributed by atoms with Crippen LogP contribution in [0.3, 0.4) is 0 Å². The van der Waals surface area contributed by atoms with E-state index in [4.69, 9.17) is 16.7 Å². The van der Waals surface area contributed by atoms with Gasteiger partial charge in [-0.25, -0.2) is 0 Å². The van der Waals surface area contributed by atoms with Crippen LogP contribution in [0, 0.1) is 6.92 Å². The molecule has 0 unspecified atom stereocenters. The molecule has 1 aromatic rings. The van der Waals surface area contributed by atoms with Crippen LogP contribution in [0.2, 0.25) is 5.02 Å². The van der Waals surface area contributed by atoms with E-state index in [1.165, 1.54) is 0 Å². The number of halogens is 1. The maximum atomic E-state index is 8.99. The summed E-state index contributed by atoms with van der Waals surface area (Å²) in [5.74, 6) is 0.291. The highest BCUT2D eigenvalue weighted by atomic mass is 35.5. The lowest BCUT2D eigenvalue weighted by atomic mass is 10.2. The predicted molar refractivity (Wildman–Crippen MR) is 60.5 cm³/mol. The fraction of sp³-hybridized carbons (Fsp3) is 0.455. The summed E-state index contributed by atoms with van der Waals surface area (Å²) in [7, 11) is 0. The van der Waals surface area contributed by atoms with Gasteiger partial charge >= 0.3 is 0 Å². The molecule has 0 aliphatic carbocycles. The Balaban J connectivity index is 0. The van der Waals surface area contributed by atoms with Gasteiger partial charge in [0.25, 0.3) is 0 Å². The zero-order valence-corrected chi connectivity index (χ0v) is 9.81. The molecule has 0 aromatic heterocycles. The molecule has 0 saturated heterocycles. The Bertz CT molecular complexity index is 221. The molecule has 1 rings (SSSR count). The molecule has 1 nitrogen and oxygen atoms in total. The number of phenols is 1. The summed E-state index contributed by atoms with van der Waals surface area (Å²) < 4.78 is 0. The maximum absolute atomic E-state index is 8.99. The normalized spacial score (nSPS) is 7.54. The van der Waals surface area contributed by atoms with Crippen LogP contribution in [-0.2, 0) is 0 Å². The number of aromatic hydroxyl groups is 1. The SMILES string of the molecule is CC.CC.Cc1cc(Cl)ccc1O. The van der Waals surface area contributed by atoms with Gasteiger partial charge in [-0.05, 0) is 30.7 Å². The molecule has 0 heterocycles. The minimum absolute atomic E-state index is 0.291. The van der Waals surface area contributed by atoms with Gasteiger partial charge in [0.05, 0.1) is 0 Å². The van der Waals surface area contributed by atoms with Crippen LogP contribution in [0.5, 0.6) is 5.75 Å². The quantitative estimate of drug-likeness (QED) is 0.661. The standard InChI is InChI=1S/C7H7ClO.2C2H6/c1-5-4-6(8)2-3-7(5)9;2*1-2/h2-4,9H,1H3;2*1-2H3. The summed E-state index contributed by atoms with van der Waals surface area (Å²) in [6.45, 7) is 9.81. The molecule has 0 atom stereocenters. The molecule has 0 aliphatic heterocycles. The van der Waals surface area contributed by atoms with E-state index < -0.39 is 0 Å². The lowest BCUT2D eigenvalue weighted by Crippen LogP contribution is -1.71. The highest BCUT2D eigenvalue weighted by molar-refractivity contribution is 6.30. The van der Waals surface area contributed by atoms with Crippen LogP contribution >= 0.6 is 11.6 Å². The van der Waals surface area contributed by atoms with E-state index in [2.05, 4.69) is 0 Å². The predicted octanol–water partition coefficient (Wildman–Crippen LogP) is 4.41. The van der Waals surface area contributed by atoms with Crippen molar-refractivity contribution in [2.24, 2.45) is 0 Å². The summed E-state index contributed by atoms with van der Waals surface area (Å²) in [5.41, 5.74) is 0.808. The smallest absolute Gasteiger partial charge is 0.118 e.